The van der Waals surface area contributed by atoms with Crippen LogP contribution < -0.4 is 10.9 Å². The lowest BCUT2D eigenvalue weighted by molar-refractivity contribution is -0.385. The number of halogens is 3. The van der Waals surface area contributed by atoms with E-state index >= 15 is 0 Å². The minimum absolute atomic E-state index is 0.197. The van der Waals surface area contributed by atoms with E-state index < -0.39 is 52.1 Å². The number of anilines is 1. The van der Waals surface area contributed by atoms with Gasteiger partial charge in [0.1, 0.15) is 5.52 Å². The maximum absolute atomic E-state index is 13.1. The second kappa shape index (κ2) is 9.42. The summed E-state index contributed by atoms with van der Waals surface area (Å²) in [5, 5.41) is 20.4. The van der Waals surface area contributed by atoms with Crippen LogP contribution in [0.3, 0.4) is 0 Å². The van der Waals surface area contributed by atoms with Gasteiger partial charge in [-0.15, -0.1) is 5.10 Å². The van der Waals surface area contributed by atoms with E-state index in [0.29, 0.717) is 10.9 Å². The predicted octanol–water partition coefficient (Wildman–Crippen LogP) is 2.29. The van der Waals surface area contributed by atoms with E-state index in [1.807, 2.05) is 5.32 Å². The molecule has 0 spiro atoms. The lowest BCUT2D eigenvalue weighted by Crippen LogP contribution is -2.27. The van der Waals surface area contributed by atoms with E-state index in [-0.39, 0.29) is 19.0 Å². The molecule has 0 aliphatic rings. The number of hydrogen-bond donors (Lipinski definition) is 1. The van der Waals surface area contributed by atoms with E-state index in [1.165, 1.54) is 0 Å². The van der Waals surface area contributed by atoms with Crippen LogP contribution in [0.1, 0.15) is 12.0 Å². The normalized spacial score (nSPS) is 11.2. The Morgan fingerprint density at radius 1 is 1.18 bits per heavy atom. The number of benzene rings is 2. The molecule has 2 aromatic carbocycles. The Kier molecular flexibility index (Phi) is 6.65. The molecule has 0 atom stereocenters. The zero-order valence-corrected chi connectivity index (χ0v) is 16.5. The van der Waals surface area contributed by atoms with Gasteiger partial charge in [-0.3, -0.25) is 24.5 Å². The van der Waals surface area contributed by atoms with Crippen LogP contribution in [0.25, 0.3) is 10.9 Å². The van der Waals surface area contributed by atoms with Crippen molar-refractivity contribution in [3.05, 3.63) is 68.5 Å². The molecule has 0 aliphatic heterocycles. The monoisotopic (exact) mass is 465 g/mol. The number of amides is 1. The molecule has 1 amide bonds. The highest BCUT2D eigenvalue weighted by atomic mass is 19.4. The molecule has 172 valence electrons. The standard InChI is InChI=1S/C19H14F3N5O6/c20-19(21,22)13-9-11(27(31)32)5-6-15(13)23-16(28)10-33-17(29)7-8-26-18(30)12-3-1-2-4-14(12)24-25-26/h1-6,9H,7-8,10H2,(H,23,28). The van der Waals surface area contributed by atoms with Crippen molar-refractivity contribution in [1.29, 1.82) is 0 Å². The van der Waals surface area contributed by atoms with Crippen molar-refractivity contribution < 1.29 is 32.4 Å². The van der Waals surface area contributed by atoms with E-state index in [9.17, 15) is 37.7 Å². The van der Waals surface area contributed by atoms with Crippen LogP contribution in [-0.2, 0) is 27.0 Å². The number of nitrogens with one attached hydrogen (secondary N) is 1. The van der Waals surface area contributed by atoms with Gasteiger partial charge in [0.05, 0.1) is 34.5 Å². The molecule has 1 N–H and O–H groups in total. The molecule has 14 heteroatoms. The smallest absolute Gasteiger partial charge is 0.418 e. The van der Waals surface area contributed by atoms with Gasteiger partial charge in [0.2, 0.25) is 0 Å². The van der Waals surface area contributed by atoms with Crippen molar-refractivity contribution in [3.63, 3.8) is 0 Å². The number of aryl methyl sites for hydroxylation is 1. The number of carbonyl (C=O) groups is 2. The zero-order chi connectivity index (χ0) is 24.2. The second-order valence-corrected chi connectivity index (χ2v) is 6.58. The van der Waals surface area contributed by atoms with Gasteiger partial charge in [-0.05, 0) is 18.2 Å². The highest BCUT2D eigenvalue weighted by molar-refractivity contribution is 5.93. The maximum Gasteiger partial charge on any atom is 0.418 e. The first-order valence-electron chi connectivity index (χ1n) is 9.20. The Morgan fingerprint density at radius 3 is 2.61 bits per heavy atom. The number of aromatic nitrogens is 3. The van der Waals surface area contributed by atoms with Gasteiger partial charge in [0.15, 0.2) is 6.61 Å². The fraction of sp³-hybridized carbons (Fsp3) is 0.211. The van der Waals surface area contributed by atoms with Crippen LogP contribution in [0, 0.1) is 10.1 Å². The summed E-state index contributed by atoms with van der Waals surface area (Å²) in [4.78, 5) is 45.8. The number of ether oxygens (including phenoxy) is 1. The molecule has 11 nitrogen and oxygen atoms in total. The molecule has 33 heavy (non-hydrogen) atoms. The van der Waals surface area contributed by atoms with Crippen LogP contribution in [0.15, 0.2) is 47.3 Å². The Morgan fingerprint density at radius 2 is 1.91 bits per heavy atom. The van der Waals surface area contributed by atoms with Crippen LogP contribution in [-0.4, -0.2) is 38.4 Å². The number of alkyl halides is 3. The van der Waals surface area contributed by atoms with Gasteiger partial charge in [-0.1, -0.05) is 17.3 Å². The number of hydrogen-bond acceptors (Lipinski definition) is 8. The van der Waals surface area contributed by atoms with Gasteiger partial charge >= 0.3 is 12.1 Å². The molecule has 0 saturated carbocycles. The van der Waals surface area contributed by atoms with E-state index in [2.05, 4.69) is 10.3 Å². The van der Waals surface area contributed by atoms with Crippen LogP contribution in [0.5, 0.6) is 0 Å². The molecule has 1 aromatic heterocycles. The van der Waals surface area contributed by atoms with Gasteiger partial charge in [0, 0.05) is 12.1 Å². The molecule has 3 aromatic rings. The number of nitrogens with zero attached hydrogens (tertiary/aromatic N) is 4. The van der Waals surface area contributed by atoms with E-state index in [0.717, 1.165) is 16.8 Å². The first-order chi connectivity index (χ1) is 15.6. The molecule has 0 radical (unpaired) electrons. The third-order valence-electron chi connectivity index (χ3n) is 4.31. The quantitative estimate of drug-likeness (QED) is 0.318. The topological polar surface area (TPSA) is 146 Å². The Hall–Kier alpha value is -4.36. The van der Waals surface area contributed by atoms with Crippen molar-refractivity contribution in [2.24, 2.45) is 0 Å². The number of non-ortho nitro benzene ring substituents is 1. The molecule has 0 fully saturated rings. The van der Waals surface area contributed by atoms with Gasteiger partial charge in [-0.2, -0.15) is 13.2 Å². The Balaban J connectivity index is 1.58. The molecule has 1 heterocycles. The second-order valence-electron chi connectivity index (χ2n) is 6.58. The average molecular weight is 465 g/mol. The fourth-order valence-corrected chi connectivity index (χ4v) is 2.76. The zero-order valence-electron chi connectivity index (χ0n) is 16.5. The Labute approximate surface area is 181 Å². The highest BCUT2D eigenvalue weighted by Gasteiger charge is 2.35. The number of rotatable bonds is 7. The van der Waals surface area contributed by atoms with Crippen molar-refractivity contribution in [2.45, 2.75) is 19.1 Å². The predicted molar refractivity (Wildman–Crippen MR) is 106 cm³/mol. The molecule has 0 aliphatic carbocycles. The number of carbonyl (C=O) groups excluding carboxylic acids is 2. The third kappa shape index (κ3) is 5.66. The molecule has 0 saturated heterocycles. The van der Waals surface area contributed by atoms with Crippen LogP contribution in [0.2, 0.25) is 0 Å². The summed E-state index contributed by atoms with van der Waals surface area (Å²) in [5.74, 6) is -2.00. The summed E-state index contributed by atoms with van der Waals surface area (Å²) in [6.07, 6.45) is -5.33. The first kappa shape index (κ1) is 23.3. The van der Waals surface area contributed by atoms with Gasteiger partial charge in [-0.25, -0.2) is 4.68 Å². The summed E-state index contributed by atoms with van der Waals surface area (Å²) < 4.78 is 45.1. The molecule has 0 unspecified atom stereocenters. The molecular formula is C19H14F3N5O6. The summed E-state index contributed by atoms with van der Waals surface area (Å²) in [6.45, 7) is -1.11. The molecular weight excluding hydrogens is 451 g/mol. The lowest BCUT2D eigenvalue weighted by atomic mass is 10.1. The van der Waals surface area contributed by atoms with Crippen molar-refractivity contribution in [2.75, 3.05) is 11.9 Å². The fourth-order valence-electron chi connectivity index (χ4n) is 2.76. The lowest BCUT2D eigenvalue weighted by Gasteiger charge is -2.13. The minimum Gasteiger partial charge on any atom is -0.456 e. The van der Waals surface area contributed by atoms with Gasteiger partial charge in [0.25, 0.3) is 17.2 Å². The van der Waals surface area contributed by atoms with Crippen LogP contribution in [0.4, 0.5) is 24.5 Å². The third-order valence-corrected chi connectivity index (χ3v) is 4.31. The first-order valence-corrected chi connectivity index (χ1v) is 9.20. The van der Waals surface area contributed by atoms with Gasteiger partial charge < -0.3 is 10.1 Å². The van der Waals surface area contributed by atoms with Crippen molar-refractivity contribution >= 4 is 34.2 Å². The van der Waals surface area contributed by atoms with Crippen molar-refractivity contribution in [1.82, 2.24) is 15.0 Å². The SMILES string of the molecule is O=C(COC(=O)CCn1nnc2ccccc2c1=O)Nc1ccc([N+](=O)[O-])cc1C(F)(F)F. The number of fused-ring (bicyclic) bond motifs is 1. The van der Waals surface area contributed by atoms with Crippen molar-refractivity contribution in [3.8, 4) is 0 Å². The Bertz CT molecular complexity index is 1290. The summed E-state index contributed by atoms with van der Waals surface area (Å²) in [5.41, 5.74) is -3.07. The average Bonchev–Trinajstić information content (AvgIpc) is 2.77. The summed E-state index contributed by atoms with van der Waals surface area (Å²) in [7, 11) is 0. The number of nitro benzene ring substituents is 1. The van der Waals surface area contributed by atoms with E-state index in [1.54, 1.807) is 24.3 Å². The maximum atomic E-state index is 13.1. The van der Waals surface area contributed by atoms with E-state index in [4.69, 9.17) is 4.74 Å². The number of esters is 1. The molecule has 3 rings (SSSR count). The minimum atomic E-state index is -4.97. The molecule has 0 bridgehead atoms. The summed E-state index contributed by atoms with van der Waals surface area (Å²) >= 11 is 0. The van der Waals surface area contributed by atoms with Crippen LogP contribution >= 0.6 is 0 Å². The largest absolute Gasteiger partial charge is 0.456 e. The summed E-state index contributed by atoms with van der Waals surface area (Å²) in [6, 6.07) is 8.25. The highest BCUT2D eigenvalue weighted by Crippen LogP contribution is 2.37. The number of nitro groups is 1.